The minimum absolute atomic E-state index is 0.0252. The van der Waals surface area contributed by atoms with Crippen molar-refractivity contribution in [2.45, 2.75) is 99.9 Å². The van der Waals surface area contributed by atoms with Crippen LogP contribution in [0.4, 0.5) is 0 Å². The number of ether oxygens (including phenoxy) is 3. The van der Waals surface area contributed by atoms with E-state index < -0.39 is 5.60 Å². The molecule has 4 heteroatoms. The maximum atomic E-state index is 12.1. The maximum Gasteiger partial charge on any atom is 0.306 e. The van der Waals surface area contributed by atoms with Crippen LogP contribution in [0.15, 0.2) is 30.3 Å². The molecular weight excluding hydrogens is 388 g/mol. The number of hydrogen-bond donors (Lipinski definition) is 0. The zero-order valence-electron chi connectivity index (χ0n) is 21.4. The second-order valence-corrected chi connectivity index (χ2v) is 11.4. The van der Waals surface area contributed by atoms with Crippen molar-refractivity contribution in [1.82, 2.24) is 0 Å². The van der Waals surface area contributed by atoms with Gasteiger partial charge in [0.15, 0.2) is 0 Å². The molecule has 1 aromatic rings. The van der Waals surface area contributed by atoms with Crippen LogP contribution in [-0.2, 0) is 25.6 Å². The Balaban J connectivity index is 2.48. The molecule has 0 aliphatic heterocycles. The van der Waals surface area contributed by atoms with E-state index in [1.165, 1.54) is 0 Å². The van der Waals surface area contributed by atoms with E-state index in [0.29, 0.717) is 37.6 Å². The van der Waals surface area contributed by atoms with Crippen molar-refractivity contribution >= 4 is 5.97 Å². The third-order valence-corrected chi connectivity index (χ3v) is 5.33. The second kappa shape index (κ2) is 12.6. The monoisotopic (exact) mass is 434 g/mol. The van der Waals surface area contributed by atoms with Crippen molar-refractivity contribution in [2.24, 2.45) is 23.2 Å². The molecule has 0 aliphatic rings. The van der Waals surface area contributed by atoms with Gasteiger partial charge in [0.1, 0.15) is 12.4 Å². The zero-order valence-corrected chi connectivity index (χ0v) is 21.4. The van der Waals surface area contributed by atoms with Crippen LogP contribution in [0.2, 0.25) is 0 Å². The molecule has 0 bridgehead atoms. The number of carbonyl (C=O) groups excluding carboxylic acids is 1. The highest BCUT2D eigenvalue weighted by molar-refractivity contribution is 5.70. The molecule has 1 rings (SSSR count). The van der Waals surface area contributed by atoms with Crippen LogP contribution in [0.5, 0.6) is 0 Å². The predicted molar refractivity (Wildman–Crippen MR) is 128 cm³/mol. The lowest BCUT2D eigenvalue weighted by Gasteiger charge is -2.36. The first-order valence-corrected chi connectivity index (χ1v) is 11.7. The highest BCUT2D eigenvalue weighted by Gasteiger charge is 2.32. The van der Waals surface area contributed by atoms with Gasteiger partial charge in [0.2, 0.25) is 0 Å². The zero-order chi connectivity index (χ0) is 23.7. The first kappa shape index (κ1) is 27.6. The van der Waals surface area contributed by atoms with Crippen LogP contribution >= 0.6 is 0 Å². The molecule has 0 aliphatic carbocycles. The fourth-order valence-electron chi connectivity index (χ4n) is 4.42. The van der Waals surface area contributed by atoms with Gasteiger partial charge in [0.05, 0.1) is 12.7 Å². The summed E-state index contributed by atoms with van der Waals surface area (Å²) in [6, 6.07) is 10.2. The molecule has 31 heavy (non-hydrogen) atoms. The molecule has 0 saturated carbocycles. The number of benzene rings is 1. The van der Waals surface area contributed by atoms with Crippen molar-refractivity contribution in [2.75, 3.05) is 6.79 Å². The minimum Gasteiger partial charge on any atom is -0.460 e. The summed E-state index contributed by atoms with van der Waals surface area (Å²) >= 11 is 0. The van der Waals surface area contributed by atoms with E-state index in [9.17, 15) is 4.79 Å². The summed E-state index contributed by atoms with van der Waals surface area (Å²) in [4.78, 5) is 12.1. The van der Waals surface area contributed by atoms with Crippen molar-refractivity contribution in [3.05, 3.63) is 35.9 Å². The number of carbonyl (C=O) groups is 1. The molecule has 0 saturated heterocycles. The van der Waals surface area contributed by atoms with Gasteiger partial charge in [-0.15, -0.1) is 0 Å². The lowest BCUT2D eigenvalue weighted by molar-refractivity contribution is -0.156. The van der Waals surface area contributed by atoms with Crippen LogP contribution in [-0.4, -0.2) is 24.5 Å². The molecule has 0 N–H and O–H groups in total. The van der Waals surface area contributed by atoms with E-state index in [0.717, 1.165) is 18.4 Å². The normalized spacial score (nSPS) is 16.4. The third-order valence-electron chi connectivity index (χ3n) is 5.33. The van der Waals surface area contributed by atoms with E-state index in [1.807, 2.05) is 39.0 Å². The van der Waals surface area contributed by atoms with Gasteiger partial charge in [0, 0.05) is 6.42 Å². The fourth-order valence-corrected chi connectivity index (χ4v) is 4.42. The van der Waals surface area contributed by atoms with Gasteiger partial charge in [-0.2, -0.15) is 0 Å². The molecular formula is C27H46O4. The third kappa shape index (κ3) is 12.3. The van der Waals surface area contributed by atoms with Crippen LogP contribution in [0.3, 0.4) is 0 Å². The van der Waals surface area contributed by atoms with E-state index in [1.54, 1.807) is 0 Å². The fraction of sp³-hybridized carbons (Fsp3) is 0.741. The van der Waals surface area contributed by atoms with Gasteiger partial charge in [-0.25, -0.2) is 0 Å². The predicted octanol–water partition coefficient (Wildman–Crippen LogP) is 7.01. The van der Waals surface area contributed by atoms with Crippen LogP contribution in [0.25, 0.3) is 0 Å². The molecule has 0 fully saturated rings. The maximum absolute atomic E-state index is 12.1. The largest absolute Gasteiger partial charge is 0.460 e. The summed E-state index contributed by atoms with van der Waals surface area (Å²) in [7, 11) is 0. The Morgan fingerprint density at radius 3 is 2.06 bits per heavy atom. The molecule has 4 atom stereocenters. The Morgan fingerprint density at radius 1 is 0.903 bits per heavy atom. The van der Waals surface area contributed by atoms with Gasteiger partial charge in [-0.05, 0) is 62.3 Å². The van der Waals surface area contributed by atoms with Gasteiger partial charge in [-0.1, -0.05) is 71.9 Å². The average Bonchev–Trinajstić information content (AvgIpc) is 2.58. The Labute approximate surface area is 191 Å². The van der Waals surface area contributed by atoms with Gasteiger partial charge < -0.3 is 14.2 Å². The molecule has 0 spiro atoms. The number of esters is 1. The molecule has 4 nitrogen and oxygen atoms in total. The van der Waals surface area contributed by atoms with Gasteiger partial charge in [-0.3, -0.25) is 4.79 Å². The van der Waals surface area contributed by atoms with Crippen molar-refractivity contribution in [1.29, 1.82) is 0 Å². The second-order valence-electron chi connectivity index (χ2n) is 11.4. The SMILES string of the molecule is C[C@@H](CC(=O)OC(C)(C)C)C[C@H](C)C[C@H](C)[C@H](OCOCc1ccccc1)C(C)(C)C. The smallest absolute Gasteiger partial charge is 0.306 e. The lowest BCUT2D eigenvalue weighted by atomic mass is 9.77. The summed E-state index contributed by atoms with van der Waals surface area (Å²) in [5.74, 6) is 1.10. The molecule has 0 amide bonds. The van der Waals surface area contributed by atoms with Crippen molar-refractivity contribution < 1.29 is 19.0 Å². The van der Waals surface area contributed by atoms with E-state index in [-0.39, 0.29) is 17.5 Å². The first-order valence-electron chi connectivity index (χ1n) is 11.7. The quantitative estimate of drug-likeness (QED) is 0.202. The minimum atomic E-state index is -0.420. The van der Waals surface area contributed by atoms with E-state index in [2.05, 4.69) is 53.7 Å². The summed E-state index contributed by atoms with van der Waals surface area (Å²) in [6.45, 7) is 19.9. The standard InChI is InChI=1S/C27H46O4/c1-20(15-21(2)17-24(28)31-27(7,8)9)16-22(3)25(26(4,5)6)30-19-29-18-23-13-11-10-12-14-23/h10-14,20-22,25H,15-19H2,1-9H3/t20-,21+,22-,25-/m0/s1. The Hall–Kier alpha value is -1.39. The Morgan fingerprint density at radius 2 is 1.52 bits per heavy atom. The number of rotatable bonds is 12. The van der Waals surface area contributed by atoms with Crippen molar-refractivity contribution in [3.8, 4) is 0 Å². The first-order chi connectivity index (χ1) is 14.3. The Bertz CT molecular complexity index is 627. The molecule has 1 aromatic carbocycles. The van der Waals surface area contributed by atoms with Crippen molar-refractivity contribution in [3.63, 3.8) is 0 Å². The molecule has 0 heterocycles. The highest BCUT2D eigenvalue weighted by atomic mass is 16.7. The van der Waals surface area contributed by atoms with Crippen LogP contribution < -0.4 is 0 Å². The molecule has 178 valence electrons. The molecule has 0 aromatic heterocycles. The summed E-state index contributed by atoms with van der Waals surface area (Å²) in [5.41, 5.74) is 0.757. The summed E-state index contributed by atoms with van der Waals surface area (Å²) in [6.07, 6.45) is 2.64. The average molecular weight is 435 g/mol. The van der Waals surface area contributed by atoms with E-state index in [4.69, 9.17) is 14.2 Å². The molecule has 0 unspecified atom stereocenters. The van der Waals surface area contributed by atoms with Crippen LogP contribution in [0.1, 0.15) is 87.1 Å². The summed E-state index contributed by atoms with van der Waals surface area (Å²) in [5, 5.41) is 0. The van der Waals surface area contributed by atoms with Gasteiger partial charge >= 0.3 is 5.97 Å². The summed E-state index contributed by atoms with van der Waals surface area (Å²) < 4.78 is 17.5. The lowest BCUT2D eigenvalue weighted by Crippen LogP contribution is -2.37. The van der Waals surface area contributed by atoms with Crippen LogP contribution in [0, 0.1) is 23.2 Å². The topological polar surface area (TPSA) is 44.8 Å². The highest BCUT2D eigenvalue weighted by Crippen LogP contribution is 2.33. The van der Waals surface area contributed by atoms with Gasteiger partial charge in [0.25, 0.3) is 0 Å². The van der Waals surface area contributed by atoms with E-state index >= 15 is 0 Å². The molecule has 0 radical (unpaired) electrons. The Kier molecular flexibility index (Phi) is 11.2. The number of hydrogen-bond acceptors (Lipinski definition) is 4.